The predicted molar refractivity (Wildman–Crippen MR) is 80.9 cm³/mol. The number of esters is 1. The van der Waals surface area contributed by atoms with Gasteiger partial charge in [-0.2, -0.15) is 0 Å². The zero-order chi connectivity index (χ0) is 15.4. The summed E-state index contributed by atoms with van der Waals surface area (Å²) in [6.45, 7) is 0.189. The summed E-state index contributed by atoms with van der Waals surface area (Å²) in [6, 6.07) is 16.8. The Morgan fingerprint density at radius 1 is 1.09 bits per heavy atom. The molecule has 0 radical (unpaired) electrons. The molecule has 0 unspecified atom stereocenters. The van der Waals surface area contributed by atoms with E-state index < -0.39 is 5.97 Å². The second-order valence-corrected chi connectivity index (χ2v) is 4.63. The van der Waals surface area contributed by atoms with Crippen molar-refractivity contribution in [3.63, 3.8) is 0 Å². The zero-order valence-corrected chi connectivity index (χ0v) is 12.1. The minimum atomic E-state index is -0.541. The van der Waals surface area contributed by atoms with Gasteiger partial charge in [0.1, 0.15) is 12.3 Å². The number of hydroxylamine groups is 1. The molecule has 0 N–H and O–H groups in total. The quantitative estimate of drug-likeness (QED) is 0.812. The second kappa shape index (κ2) is 6.32. The van der Waals surface area contributed by atoms with Crippen LogP contribution in [0.3, 0.4) is 0 Å². The van der Waals surface area contributed by atoms with Crippen molar-refractivity contribution in [2.45, 2.75) is 6.61 Å². The standard InChI is InChI=1S/C17H15NO4/c1-20-18-11-16(22-15-10-6-5-9-14(15)18)17(19)21-12-13-7-3-2-4-8-13/h2-11H,12H2,1H3. The Morgan fingerprint density at radius 3 is 2.59 bits per heavy atom. The highest BCUT2D eigenvalue weighted by atomic mass is 16.7. The van der Waals surface area contributed by atoms with Gasteiger partial charge in [0.2, 0.25) is 5.76 Å². The number of para-hydroxylation sites is 2. The third-order valence-corrected chi connectivity index (χ3v) is 3.17. The molecule has 2 aromatic carbocycles. The maximum Gasteiger partial charge on any atom is 0.376 e. The lowest BCUT2D eigenvalue weighted by Crippen LogP contribution is -2.25. The van der Waals surface area contributed by atoms with E-state index in [1.165, 1.54) is 18.4 Å². The van der Waals surface area contributed by atoms with Crippen LogP contribution >= 0.6 is 0 Å². The number of nitrogens with zero attached hydrogens (tertiary/aromatic N) is 1. The van der Waals surface area contributed by atoms with Crippen LogP contribution in [0.1, 0.15) is 5.56 Å². The van der Waals surface area contributed by atoms with E-state index in [-0.39, 0.29) is 12.4 Å². The Bertz CT molecular complexity index is 697. The molecule has 0 atom stereocenters. The lowest BCUT2D eigenvalue weighted by Gasteiger charge is -2.25. The normalized spacial score (nSPS) is 13.0. The van der Waals surface area contributed by atoms with Gasteiger partial charge in [-0.05, 0) is 17.7 Å². The summed E-state index contributed by atoms with van der Waals surface area (Å²) < 4.78 is 10.8. The molecular weight excluding hydrogens is 282 g/mol. The van der Waals surface area contributed by atoms with Crippen LogP contribution in [-0.4, -0.2) is 13.1 Å². The van der Waals surface area contributed by atoms with Crippen LogP contribution in [0, 0.1) is 0 Å². The molecule has 0 bridgehead atoms. The Balaban J connectivity index is 1.72. The first-order valence-electron chi connectivity index (χ1n) is 6.81. The summed E-state index contributed by atoms with van der Waals surface area (Å²) in [5, 5.41) is 1.47. The zero-order valence-electron chi connectivity index (χ0n) is 12.1. The summed E-state index contributed by atoms with van der Waals surface area (Å²) in [4.78, 5) is 17.4. The maximum absolute atomic E-state index is 12.1. The number of carbonyl (C=O) groups excluding carboxylic acids is 1. The Kier molecular flexibility index (Phi) is 4.07. The van der Waals surface area contributed by atoms with Crippen LogP contribution in [0.15, 0.2) is 66.6 Å². The third-order valence-electron chi connectivity index (χ3n) is 3.17. The molecule has 0 fully saturated rings. The molecule has 0 amide bonds. The van der Waals surface area contributed by atoms with Crippen molar-refractivity contribution in [2.24, 2.45) is 0 Å². The van der Waals surface area contributed by atoms with E-state index in [1.807, 2.05) is 48.5 Å². The number of anilines is 1. The second-order valence-electron chi connectivity index (χ2n) is 4.63. The SMILES string of the molecule is CON1C=C(C(=O)OCc2ccccc2)Oc2ccccc21. The van der Waals surface area contributed by atoms with Crippen LogP contribution in [0.4, 0.5) is 5.69 Å². The van der Waals surface area contributed by atoms with Gasteiger partial charge in [-0.3, -0.25) is 4.84 Å². The van der Waals surface area contributed by atoms with Crippen LogP contribution in [0.5, 0.6) is 5.75 Å². The van der Waals surface area contributed by atoms with Gasteiger partial charge >= 0.3 is 5.97 Å². The van der Waals surface area contributed by atoms with Gasteiger partial charge in [0.15, 0.2) is 5.75 Å². The topological polar surface area (TPSA) is 48.0 Å². The molecule has 1 aliphatic heterocycles. The molecule has 3 rings (SSSR count). The van der Waals surface area contributed by atoms with Crippen molar-refractivity contribution >= 4 is 11.7 Å². The average molecular weight is 297 g/mol. The molecule has 2 aromatic rings. The van der Waals surface area contributed by atoms with Crippen molar-refractivity contribution < 1.29 is 19.1 Å². The van der Waals surface area contributed by atoms with Crippen LogP contribution < -0.4 is 9.80 Å². The third kappa shape index (κ3) is 2.94. The van der Waals surface area contributed by atoms with Crippen LogP contribution in [0.25, 0.3) is 0 Å². The molecular formula is C17H15NO4. The summed E-state index contributed by atoms with van der Waals surface area (Å²) in [5.74, 6) is 0.0791. The number of rotatable bonds is 4. The van der Waals surface area contributed by atoms with Crippen molar-refractivity contribution in [3.05, 3.63) is 72.1 Å². The van der Waals surface area contributed by atoms with Gasteiger partial charge in [0.25, 0.3) is 0 Å². The summed E-state index contributed by atoms with van der Waals surface area (Å²) in [7, 11) is 1.52. The number of ether oxygens (including phenoxy) is 2. The van der Waals surface area contributed by atoms with Gasteiger partial charge < -0.3 is 9.47 Å². The van der Waals surface area contributed by atoms with Crippen molar-refractivity contribution in [1.82, 2.24) is 0 Å². The Labute approximate surface area is 128 Å². The van der Waals surface area contributed by atoms with Gasteiger partial charge in [-0.15, -0.1) is 0 Å². The van der Waals surface area contributed by atoms with E-state index in [1.54, 1.807) is 6.07 Å². The van der Waals surface area contributed by atoms with Gasteiger partial charge in [0, 0.05) is 0 Å². The lowest BCUT2D eigenvalue weighted by molar-refractivity contribution is -0.143. The highest BCUT2D eigenvalue weighted by molar-refractivity contribution is 5.88. The number of carbonyl (C=O) groups is 1. The Morgan fingerprint density at radius 2 is 1.82 bits per heavy atom. The molecule has 0 aromatic heterocycles. The molecule has 5 nitrogen and oxygen atoms in total. The lowest BCUT2D eigenvalue weighted by atomic mass is 10.2. The fourth-order valence-electron chi connectivity index (χ4n) is 2.09. The molecule has 112 valence electrons. The molecule has 5 heteroatoms. The summed E-state index contributed by atoms with van der Waals surface area (Å²) >= 11 is 0. The first-order chi connectivity index (χ1) is 10.8. The van der Waals surface area contributed by atoms with E-state index in [2.05, 4.69) is 0 Å². The molecule has 1 aliphatic rings. The summed E-state index contributed by atoms with van der Waals surface area (Å²) in [6.07, 6.45) is 1.47. The fraction of sp³-hybridized carbons (Fsp3) is 0.118. The highest BCUT2D eigenvalue weighted by Gasteiger charge is 2.24. The molecule has 22 heavy (non-hydrogen) atoms. The van der Waals surface area contributed by atoms with Crippen LogP contribution in [-0.2, 0) is 21.0 Å². The first-order valence-corrected chi connectivity index (χ1v) is 6.81. The molecule has 0 spiro atoms. The van der Waals surface area contributed by atoms with E-state index >= 15 is 0 Å². The van der Waals surface area contributed by atoms with Crippen molar-refractivity contribution in [2.75, 3.05) is 12.2 Å². The van der Waals surface area contributed by atoms with E-state index in [9.17, 15) is 4.79 Å². The number of hydrogen-bond acceptors (Lipinski definition) is 5. The summed E-state index contributed by atoms with van der Waals surface area (Å²) in [5.41, 5.74) is 1.64. The van der Waals surface area contributed by atoms with Gasteiger partial charge in [-0.25, -0.2) is 9.86 Å². The highest BCUT2D eigenvalue weighted by Crippen LogP contribution is 2.34. The first kappa shape index (κ1) is 14.2. The Hall–Kier alpha value is -2.79. The fourth-order valence-corrected chi connectivity index (χ4v) is 2.09. The molecule has 0 aliphatic carbocycles. The van der Waals surface area contributed by atoms with Gasteiger partial charge in [-0.1, -0.05) is 42.5 Å². The predicted octanol–water partition coefficient (Wildman–Crippen LogP) is 3.03. The number of benzene rings is 2. The largest absolute Gasteiger partial charge is 0.455 e. The molecule has 0 saturated carbocycles. The number of hydrogen-bond donors (Lipinski definition) is 0. The van der Waals surface area contributed by atoms with E-state index in [4.69, 9.17) is 14.3 Å². The van der Waals surface area contributed by atoms with Crippen LogP contribution in [0.2, 0.25) is 0 Å². The van der Waals surface area contributed by atoms with E-state index in [0.717, 1.165) is 11.3 Å². The van der Waals surface area contributed by atoms with Gasteiger partial charge in [0.05, 0.1) is 13.3 Å². The van der Waals surface area contributed by atoms with Crippen molar-refractivity contribution in [3.8, 4) is 5.75 Å². The smallest absolute Gasteiger partial charge is 0.376 e. The minimum Gasteiger partial charge on any atom is -0.455 e. The van der Waals surface area contributed by atoms with Crippen molar-refractivity contribution in [1.29, 1.82) is 0 Å². The number of fused-ring (bicyclic) bond motifs is 1. The average Bonchev–Trinajstić information content (AvgIpc) is 2.59. The minimum absolute atomic E-state index is 0.0801. The molecule has 1 heterocycles. The monoisotopic (exact) mass is 297 g/mol. The molecule has 0 saturated heterocycles. The maximum atomic E-state index is 12.1. The van der Waals surface area contributed by atoms with E-state index in [0.29, 0.717) is 5.75 Å².